The highest BCUT2D eigenvalue weighted by atomic mass is 16.3. The van der Waals surface area contributed by atoms with Crippen LogP contribution in [-0.4, -0.2) is 17.5 Å². The van der Waals surface area contributed by atoms with Gasteiger partial charge in [0.05, 0.1) is 0 Å². The Morgan fingerprint density at radius 3 is 2.55 bits per heavy atom. The van der Waals surface area contributed by atoms with E-state index < -0.39 is 0 Å². The van der Waals surface area contributed by atoms with Gasteiger partial charge in [0.25, 0.3) is 0 Å². The number of Topliss-reactive ketones (excluding diaryl/α,β-unsaturated/α-hetero) is 1. The predicted octanol–water partition coefficient (Wildman–Crippen LogP) is 1.01. The van der Waals surface area contributed by atoms with Crippen LogP contribution in [0.5, 0.6) is 0 Å². The standard InChI is InChI=1S/C9H14O2/c1-4-6-8(7(11)5-10)9(6,2)3/h4,6,8,10H,1,5H2,2-3H3. The van der Waals surface area contributed by atoms with Crippen LogP contribution in [0.1, 0.15) is 13.8 Å². The number of rotatable bonds is 3. The SMILES string of the molecule is C=CC1C(C(=O)CO)C1(C)C. The smallest absolute Gasteiger partial charge is 0.162 e. The highest BCUT2D eigenvalue weighted by Gasteiger charge is 2.59. The summed E-state index contributed by atoms with van der Waals surface area (Å²) in [5.74, 6) is 0.215. The van der Waals surface area contributed by atoms with Crippen molar-refractivity contribution >= 4 is 5.78 Å². The van der Waals surface area contributed by atoms with Gasteiger partial charge in [-0.05, 0) is 11.3 Å². The van der Waals surface area contributed by atoms with Crippen molar-refractivity contribution in [1.29, 1.82) is 0 Å². The van der Waals surface area contributed by atoms with Crippen LogP contribution in [0.15, 0.2) is 12.7 Å². The summed E-state index contributed by atoms with van der Waals surface area (Å²) in [7, 11) is 0. The summed E-state index contributed by atoms with van der Waals surface area (Å²) in [6, 6.07) is 0. The fourth-order valence-electron chi connectivity index (χ4n) is 1.83. The largest absolute Gasteiger partial charge is 0.389 e. The number of ketones is 1. The van der Waals surface area contributed by atoms with E-state index in [1.807, 2.05) is 13.8 Å². The maximum Gasteiger partial charge on any atom is 0.162 e. The molecule has 62 valence electrons. The first-order valence-electron chi connectivity index (χ1n) is 3.81. The number of aliphatic hydroxyl groups is 1. The van der Waals surface area contributed by atoms with Crippen LogP contribution < -0.4 is 0 Å². The van der Waals surface area contributed by atoms with Crippen molar-refractivity contribution in [3.63, 3.8) is 0 Å². The molecule has 2 atom stereocenters. The zero-order valence-corrected chi connectivity index (χ0v) is 7.00. The molecule has 2 nitrogen and oxygen atoms in total. The molecule has 0 amide bonds. The molecule has 2 unspecified atom stereocenters. The quantitative estimate of drug-likeness (QED) is 0.616. The second-order valence-corrected chi connectivity index (χ2v) is 3.68. The van der Waals surface area contributed by atoms with Gasteiger partial charge in [-0.2, -0.15) is 0 Å². The Morgan fingerprint density at radius 1 is 1.73 bits per heavy atom. The third kappa shape index (κ3) is 1.11. The van der Waals surface area contributed by atoms with Crippen molar-refractivity contribution in [2.75, 3.05) is 6.61 Å². The number of hydrogen-bond donors (Lipinski definition) is 1. The van der Waals surface area contributed by atoms with Crippen LogP contribution in [-0.2, 0) is 4.79 Å². The second kappa shape index (κ2) is 2.45. The summed E-state index contributed by atoms with van der Waals surface area (Å²) < 4.78 is 0. The number of allylic oxidation sites excluding steroid dienone is 1. The molecule has 2 heteroatoms. The summed E-state index contributed by atoms with van der Waals surface area (Å²) >= 11 is 0. The molecule has 1 saturated carbocycles. The highest BCUT2D eigenvalue weighted by molar-refractivity contribution is 5.86. The van der Waals surface area contributed by atoms with Crippen molar-refractivity contribution in [1.82, 2.24) is 0 Å². The first-order valence-corrected chi connectivity index (χ1v) is 3.81. The minimum absolute atomic E-state index is 0.00463. The molecule has 0 bridgehead atoms. The lowest BCUT2D eigenvalue weighted by Gasteiger charge is -1.97. The molecule has 1 aliphatic rings. The molecular formula is C9H14O2. The zero-order chi connectivity index (χ0) is 8.65. The molecule has 0 aliphatic heterocycles. The molecule has 1 fully saturated rings. The lowest BCUT2D eigenvalue weighted by Crippen LogP contribution is -2.10. The Bertz CT molecular complexity index is 194. The van der Waals surface area contributed by atoms with Crippen LogP contribution in [0.4, 0.5) is 0 Å². The number of carbonyl (C=O) groups is 1. The monoisotopic (exact) mass is 154 g/mol. The third-order valence-electron chi connectivity index (χ3n) is 2.67. The molecule has 0 radical (unpaired) electrons. The second-order valence-electron chi connectivity index (χ2n) is 3.68. The first-order chi connectivity index (χ1) is 5.05. The molecular weight excluding hydrogens is 140 g/mol. The van der Waals surface area contributed by atoms with Gasteiger partial charge in [0.15, 0.2) is 5.78 Å². The molecule has 0 heterocycles. The van der Waals surface area contributed by atoms with E-state index in [4.69, 9.17) is 5.11 Å². The van der Waals surface area contributed by atoms with E-state index in [-0.39, 0.29) is 29.6 Å². The molecule has 11 heavy (non-hydrogen) atoms. The van der Waals surface area contributed by atoms with Gasteiger partial charge in [0.2, 0.25) is 0 Å². The fraction of sp³-hybridized carbons (Fsp3) is 0.667. The van der Waals surface area contributed by atoms with Crippen molar-refractivity contribution in [2.24, 2.45) is 17.3 Å². The molecule has 1 rings (SSSR count). The molecule has 1 aliphatic carbocycles. The summed E-state index contributed by atoms with van der Waals surface area (Å²) in [5, 5.41) is 8.61. The van der Waals surface area contributed by atoms with E-state index in [0.717, 1.165) is 0 Å². The number of aliphatic hydroxyl groups excluding tert-OH is 1. The number of hydrogen-bond acceptors (Lipinski definition) is 2. The minimum Gasteiger partial charge on any atom is -0.389 e. The lowest BCUT2D eigenvalue weighted by molar-refractivity contribution is -0.123. The van der Waals surface area contributed by atoms with Gasteiger partial charge in [-0.15, -0.1) is 6.58 Å². The average Bonchev–Trinajstić information content (AvgIpc) is 2.51. The summed E-state index contributed by atoms with van der Waals surface area (Å²) in [6.07, 6.45) is 1.80. The Morgan fingerprint density at radius 2 is 2.27 bits per heavy atom. The van der Waals surface area contributed by atoms with E-state index in [9.17, 15) is 4.79 Å². The fourth-order valence-corrected chi connectivity index (χ4v) is 1.83. The molecule has 0 aromatic rings. The molecule has 0 aromatic carbocycles. The number of carbonyl (C=O) groups excluding carboxylic acids is 1. The van der Waals surface area contributed by atoms with Gasteiger partial charge < -0.3 is 5.11 Å². The van der Waals surface area contributed by atoms with Gasteiger partial charge in [-0.25, -0.2) is 0 Å². The van der Waals surface area contributed by atoms with Gasteiger partial charge in [-0.1, -0.05) is 19.9 Å². The van der Waals surface area contributed by atoms with E-state index in [0.29, 0.717) is 0 Å². The van der Waals surface area contributed by atoms with Gasteiger partial charge >= 0.3 is 0 Å². The van der Waals surface area contributed by atoms with Crippen molar-refractivity contribution in [2.45, 2.75) is 13.8 Å². The van der Waals surface area contributed by atoms with Gasteiger partial charge in [-0.3, -0.25) is 4.79 Å². The van der Waals surface area contributed by atoms with Crippen LogP contribution in [0, 0.1) is 17.3 Å². The van der Waals surface area contributed by atoms with Gasteiger partial charge in [0.1, 0.15) is 6.61 Å². The Labute approximate surface area is 66.9 Å². The predicted molar refractivity (Wildman–Crippen MR) is 43.1 cm³/mol. The van der Waals surface area contributed by atoms with E-state index in [1.54, 1.807) is 6.08 Å². The maximum absolute atomic E-state index is 11.1. The molecule has 0 saturated heterocycles. The summed E-state index contributed by atoms with van der Waals surface area (Å²) in [6.45, 7) is 7.37. The lowest BCUT2D eigenvalue weighted by atomic mass is 10.1. The molecule has 0 aromatic heterocycles. The van der Waals surface area contributed by atoms with Crippen LogP contribution in [0.2, 0.25) is 0 Å². The van der Waals surface area contributed by atoms with Crippen molar-refractivity contribution < 1.29 is 9.90 Å². The summed E-state index contributed by atoms with van der Waals surface area (Å²) in [4.78, 5) is 11.1. The Hall–Kier alpha value is -0.630. The highest BCUT2D eigenvalue weighted by Crippen LogP contribution is 2.59. The maximum atomic E-state index is 11.1. The average molecular weight is 154 g/mol. The van der Waals surface area contributed by atoms with Gasteiger partial charge in [0, 0.05) is 5.92 Å². The topological polar surface area (TPSA) is 37.3 Å². The zero-order valence-electron chi connectivity index (χ0n) is 7.00. The van der Waals surface area contributed by atoms with E-state index in [2.05, 4.69) is 6.58 Å². The summed E-state index contributed by atoms with van der Waals surface area (Å²) in [5.41, 5.74) is 0.0293. The van der Waals surface area contributed by atoms with Crippen molar-refractivity contribution in [3.8, 4) is 0 Å². The molecule has 0 spiro atoms. The Balaban J connectivity index is 2.66. The van der Waals surface area contributed by atoms with Crippen LogP contribution in [0.25, 0.3) is 0 Å². The van der Waals surface area contributed by atoms with E-state index >= 15 is 0 Å². The minimum atomic E-state index is -0.335. The van der Waals surface area contributed by atoms with E-state index in [1.165, 1.54) is 0 Å². The normalized spacial score (nSPS) is 33.0. The first kappa shape index (κ1) is 8.47. The van der Waals surface area contributed by atoms with Crippen LogP contribution >= 0.6 is 0 Å². The Kier molecular flexibility index (Phi) is 1.89. The third-order valence-corrected chi connectivity index (χ3v) is 2.67. The molecule has 1 N–H and O–H groups in total. The van der Waals surface area contributed by atoms with Crippen molar-refractivity contribution in [3.05, 3.63) is 12.7 Å². The van der Waals surface area contributed by atoms with Crippen LogP contribution in [0.3, 0.4) is 0 Å².